The standard InChI is InChI=1S/C24H27FN4O3/c1-16-6-3-4-9-20(16)29-12-10-28(11-13-29)15-19-21(23(30)32-2)22(27-24(31)26-19)17-7-5-8-18(25)14-17/h3-9,14,22H,10-13,15H2,1-2H3,(H2,26,27,31)/t22-/m0/s1. The molecule has 0 aromatic heterocycles. The Balaban J connectivity index is 1.55. The number of amides is 2. The molecule has 1 atom stereocenters. The first kappa shape index (κ1) is 21.8. The number of esters is 1. The van der Waals surface area contributed by atoms with Gasteiger partial charge in [0, 0.05) is 44.1 Å². The molecule has 2 N–H and O–H groups in total. The summed E-state index contributed by atoms with van der Waals surface area (Å²) in [6.07, 6.45) is 0. The molecular weight excluding hydrogens is 411 g/mol. The van der Waals surface area contributed by atoms with Crippen LogP contribution in [-0.2, 0) is 9.53 Å². The molecule has 2 heterocycles. The summed E-state index contributed by atoms with van der Waals surface area (Å²) in [5.74, 6) is -0.992. The van der Waals surface area contributed by atoms with E-state index < -0.39 is 23.9 Å². The molecule has 32 heavy (non-hydrogen) atoms. The van der Waals surface area contributed by atoms with Crippen molar-refractivity contribution in [1.82, 2.24) is 15.5 Å². The summed E-state index contributed by atoms with van der Waals surface area (Å²) in [5, 5.41) is 5.50. The van der Waals surface area contributed by atoms with Gasteiger partial charge in [-0.2, -0.15) is 0 Å². The second-order valence-corrected chi connectivity index (χ2v) is 8.02. The molecule has 2 aliphatic heterocycles. The molecule has 1 fully saturated rings. The minimum absolute atomic E-state index is 0.291. The molecule has 1 saturated heterocycles. The Morgan fingerprint density at radius 2 is 1.88 bits per heavy atom. The Kier molecular flexibility index (Phi) is 6.41. The molecule has 4 rings (SSSR count). The number of benzene rings is 2. The SMILES string of the molecule is COC(=O)C1=C(CN2CCN(c3ccccc3C)CC2)NC(=O)N[C@H]1c1cccc(F)c1. The number of rotatable bonds is 5. The molecule has 8 heteroatoms. The number of halogens is 1. The number of aryl methyl sites for hydroxylation is 1. The lowest BCUT2D eigenvalue weighted by molar-refractivity contribution is -0.136. The Hall–Kier alpha value is -3.39. The van der Waals surface area contributed by atoms with Gasteiger partial charge in [0.05, 0.1) is 18.7 Å². The number of para-hydroxylation sites is 1. The first-order chi connectivity index (χ1) is 15.5. The summed E-state index contributed by atoms with van der Waals surface area (Å²) in [5.41, 5.74) is 3.73. The van der Waals surface area contributed by atoms with Crippen molar-refractivity contribution >= 4 is 17.7 Å². The topological polar surface area (TPSA) is 73.9 Å². The van der Waals surface area contributed by atoms with Gasteiger partial charge in [-0.15, -0.1) is 0 Å². The summed E-state index contributed by atoms with van der Waals surface area (Å²) < 4.78 is 18.8. The fraction of sp³-hybridized carbons (Fsp3) is 0.333. The van der Waals surface area contributed by atoms with Crippen LogP contribution in [0, 0.1) is 12.7 Å². The van der Waals surface area contributed by atoms with Gasteiger partial charge in [-0.1, -0.05) is 30.3 Å². The van der Waals surface area contributed by atoms with Crippen molar-refractivity contribution in [3.8, 4) is 0 Å². The van der Waals surface area contributed by atoms with E-state index in [-0.39, 0.29) is 0 Å². The van der Waals surface area contributed by atoms with Crippen molar-refractivity contribution in [3.05, 3.63) is 76.7 Å². The van der Waals surface area contributed by atoms with Crippen LogP contribution in [0.5, 0.6) is 0 Å². The zero-order valence-corrected chi connectivity index (χ0v) is 18.2. The van der Waals surface area contributed by atoms with Crippen LogP contribution >= 0.6 is 0 Å². The molecule has 2 aromatic carbocycles. The zero-order chi connectivity index (χ0) is 22.7. The Morgan fingerprint density at radius 1 is 1.12 bits per heavy atom. The van der Waals surface area contributed by atoms with E-state index in [1.165, 1.54) is 30.5 Å². The molecule has 0 unspecified atom stereocenters. The number of hydrogen-bond acceptors (Lipinski definition) is 5. The molecule has 0 radical (unpaired) electrons. The van der Waals surface area contributed by atoms with Gasteiger partial charge in [-0.3, -0.25) is 4.90 Å². The van der Waals surface area contributed by atoms with E-state index in [4.69, 9.17) is 4.74 Å². The van der Waals surface area contributed by atoms with E-state index in [0.717, 1.165) is 26.2 Å². The van der Waals surface area contributed by atoms with E-state index in [0.29, 0.717) is 23.4 Å². The van der Waals surface area contributed by atoms with Gasteiger partial charge < -0.3 is 20.3 Å². The number of anilines is 1. The molecule has 2 aromatic rings. The normalized spacial score (nSPS) is 19.4. The fourth-order valence-electron chi connectivity index (χ4n) is 4.32. The largest absolute Gasteiger partial charge is 0.466 e. The highest BCUT2D eigenvalue weighted by Gasteiger charge is 2.34. The van der Waals surface area contributed by atoms with Crippen LogP contribution in [-0.4, -0.2) is 56.7 Å². The minimum atomic E-state index is -0.782. The average Bonchev–Trinajstić information content (AvgIpc) is 2.79. The molecule has 2 amide bonds. The van der Waals surface area contributed by atoms with Crippen molar-refractivity contribution in [2.24, 2.45) is 0 Å². The van der Waals surface area contributed by atoms with E-state index in [9.17, 15) is 14.0 Å². The first-order valence-corrected chi connectivity index (χ1v) is 10.6. The number of piperazine rings is 1. The molecule has 7 nitrogen and oxygen atoms in total. The molecule has 168 valence electrons. The van der Waals surface area contributed by atoms with Crippen molar-refractivity contribution in [3.63, 3.8) is 0 Å². The van der Waals surface area contributed by atoms with Crippen LogP contribution in [0.15, 0.2) is 59.8 Å². The third-order valence-electron chi connectivity index (χ3n) is 5.95. The third-order valence-corrected chi connectivity index (χ3v) is 5.95. The predicted octanol–water partition coefficient (Wildman–Crippen LogP) is 2.74. The summed E-state index contributed by atoms with van der Waals surface area (Å²) in [6, 6.07) is 13.0. The number of ether oxygens (including phenoxy) is 1. The fourth-order valence-corrected chi connectivity index (χ4v) is 4.32. The molecule has 0 spiro atoms. The van der Waals surface area contributed by atoms with Crippen molar-refractivity contribution in [1.29, 1.82) is 0 Å². The monoisotopic (exact) mass is 438 g/mol. The van der Waals surface area contributed by atoms with Crippen LogP contribution in [0.3, 0.4) is 0 Å². The summed E-state index contributed by atoms with van der Waals surface area (Å²) in [7, 11) is 1.30. The number of carbonyl (C=O) groups excluding carboxylic acids is 2. The minimum Gasteiger partial charge on any atom is -0.466 e. The van der Waals surface area contributed by atoms with Gasteiger partial charge >= 0.3 is 12.0 Å². The van der Waals surface area contributed by atoms with Gasteiger partial charge in [0.25, 0.3) is 0 Å². The lowest BCUT2D eigenvalue weighted by atomic mass is 9.95. The van der Waals surface area contributed by atoms with E-state index in [1.807, 2.05) is 12.1 Å². The van der Waals surface area contributed by atoms with Gasteiger partial charge in [0.2, 0.25) is 0 Å². The molecule has 2 aliphatic rings. The van der Waals surface area contributed by atoms with Crippen molar-refractivity contribution in [2.45, 2.75) is 13.0 Å². The predicted molar refractivity (Wildman–Crippen MR) is 120 cm³/mol. The highest BCUT2D eigenvalue weighted by molar-refractivity contribution is 5.95. The zero-order valence-electron chi connectivity index (χ0n) is 18.2. The van der Waals surface area contributed by atoms with Gasteiger partial charge in [0.1, 0.15) is 5.82 Å². The molecule has 0 bridgehead atoms. The number of nitrogens with one attached hydrogen (secondary N) is 2. The molecule has 0 aliphatic carbocycles. The number of urea groups is 1. The maximum absolute atomic E-state index is 13.8. The molecule has 0 saturated carbocycles. The Morgan fingerprint density at radius 3 is 2.56 bits per heavy atom. The third kappa shape index (κ3) is 4.60. The first-order valence-electron chi connectivity index (χ1n) is 10.6. The van der Waals surface area contributed by atoms with Crippen LogP contribution in [0.4, 0.5) is 14.9 Å². The van der Waals surface area contributed by atoms with Crippen LogP contribution in [0.1, 0.15) is 17.2 Å². The smallest absolute Gasteiger partial charge is 0.338 e. The highest BCUT2D eigenvalue weighted by atomic mass is 19.1. The maximum atomic E-state index is 13.8. The summed E-state index contributed by atoms with van der Waals surface area (Å²) >= 11 is 0. The van der Waals surface area contributed by atoms with Crippen molar-refractivity contribution < 1.29 is 18.7 Å². The summed E-state index contributed by atoms with van der Waals surface area (Å²) in [6.45, 7) is 5.73. The van der Waals surface area contributed by atoms with Gasteiger partial charge in [-0.25, -0.2) is 14.0 Å². The number of nitrogens with zero attached hydrogens (tertiary/aromatic N) is 2. The van der Waals surface area contributed by atoms with E-state index in [1.54, 1.807) is 12.1 Å². The average molecular weight is 439 g/mol. The van der Waals surface area contributed by atoms with Crippen LogP contribution in [0.25, 0.3) is 0 Å². The van der Waals surface area contributed by atoms with Crippen molar-refractivity contribution in [2.75, 3.05) is 44.7 Å². The number of methoxy groups -OCH3 is 1. The Labute approximate surface area is 186 Å². The Bertz CT molecular complexity index is 1050. The van der Waals surface area contributed by atoms with E-state index >= 15 is 0 Å². The lowest BCUT2D eigenvalue weighted by Crippen LogP contribution is -2.51. The second-order valence-electron chi connectivity index (χ2n) is 8.02. The number of hydrogen-bond donors (Lipinski definition) is 2. The van der Waals surface area contributed by atoms with Gasteiger partial charge in [-0.05, 0) is 36.2 Å². The van der Waals surface area contributed by atoms with Crippen LogP contribution in [0.2, 0.25) is 0 Å². The van der Waals surface area contributed by atoms with Gasteiger partial charge in [0.15, 0.2) is 0 Å². The lowest BCUT2D eigenvalue weighted by Gasteiger charge is -2.38. The van der Waals surface area contributed by atoms with E-state index in [2.05, 4.69) is 39.5 Å². The van der Waals surface area contributed by atoms with Crippen LogP contribution < -0.4 is 15.5 Å². The quantitative estimate of drug-likeness (QED) is 0.703. The summed E-state index contributed by atoms with van der Waals surface area (Å²) in [4.78, 5) is 29.6. The second kappa shape index (κ2) is 9.40. The number of carbonyl (C=O) groups is 2. The highest BCUT2D eigenvalue weighted by Crippen LogP contribution is 2.29. The maximum Gasteiger partial charge on any atom is 0.338 e. The molecular formula is C24H27FN4O3.